The summed E-state index contributed by atoms with van der Waals surface area (Å²) in [5.74, 6) is -0.912. The Morgan fingerprint density at radius 1 is 1.14 bits per heavy atom. The quantitative estimate of drug-likeness (QED) is 0.718. The zero-order valence-electron chi connectivity index (χ0n) is 11.8. The van der Waals surface area contributed by atoms with Crippen LogP contribution in [0.1, 0.15) is 21.5 Å². The van der Waals surface area contributed by atoms with Gasteiger partial charge in [0.05, 0.1) is 16.3 Å². The lowest BCUT2D eigenvalue weighted by Gasteiger charge is -2.12. The molecular weight excluding hydrogens is 282 g/mol. The van der Waals surface area contributed by atoms with E-state index in [0.717, 1.165) is 21.5 Å². The third-order valence-corrected chi connectivity index (χ3v) is 4.42. The average molecular weight is 297 g/mol. The minimum atomic E-state index is -0.912. The molecule has 0 bridgehead atoms. The number of carboxylic acid groups (broad SMARTS) is 1. The highest BCUT2D eigenvalue weighted by Crippen LogP contribution is 2.34. The first-order chi connectivity index (χ1) is 10.0. The van der Waals surface area contributed by atoms with Crippen molar-refractivity contribution in [2.24, 2.45) is 0 Å². The van der Waals surface area contributed by atoms with E-state index in [1.807, 2.05) is 38.1 Å². The molecule has 0 aliphatic rings. The Morgan fingerprint density at radius 3 is 2.62 bits per heavy atom. The molecule has 0 fully saturated rings. The number of benzene rings is 2. The first-order valence-electron chi connectivity index (χ1n) is 6.65. The van der Waals surface area contributed by atoms with Crippen LogP contribution in [0.2, 0.25) is 0 Å². The molecule has 3 aromatic rings. The maximum Gasteiger partial charge on any atom is 0.337 e. The van der Waals surface area contributed by atoms with Crippen LogP contribution in [0, 0.1) is 13.8 Å². The zero-order valence-corrected chi connectivity index (χ0v) is 12.6. The SMILES string of the molecule is Cc1cc(C)c(Nc2cc3ccccc3s2)c(C(=O)O)c1. The highest BCUT2D eigenvalue weighted by Gasteiger charge is 2.14. The number of aryl methyl sites for hydroxylation is 2. The van der Waals surface area contributed by atoms with Crippen molar-refractivity contribution in [2.75, 3.05) is 5.32 Å². The Labute approximate surface area is 126 Å². The third kappa shape index (κ3) is 2.62. The average Bonchev–Trinajstić information content (AvgIpc) is 2.83. The number of nitrogens with one attached hydrogen (secondary N) is 1. The second kappa shape index (κ2) is 5.22. The largest absolute Gasteiger partial charge is 0.478 e. The van der Waals surface area contributed by atoms with E-state index in [0.29, 0.717) is 11.3 Å². The van der Waals surface area contributed by atoms with E-state index >= 15 is 0 Å². The molecule has 3 nitrogen and oxygen atoms in total. The Morgan fingerprint density at radius 2 is 1.90 bits per heavy atom. The number of thiophene rings is 1. The lowest BCUT2D eigenvalue weighted by molar-refractivity contribution is 0.0698. The maximum absolute atomic E-state index is 11.5. The van der Waals surface area contributed by atoms with Crippen LogP contribution in [-0.4, -0.2) is 11.1 Å². The molecule has 0 atom stereocenters. The Kier molecular flexibility index (Phi) is 3.39. The van der Waals surface area contributed by atoms with Crippen LogP contribution in [0.3, 0.4) is 0 Å². The van der Waals surface area contributed by atoms with Crippen molar-refractivity contribution in [3.05, 3.63) is 59.2 Å². The van der Waals surface area contributed by atoms with E-state index in [1.54, 1.807) is 17.4 Å². The van der Waals surface area contributed by atoms with Gasteiger partial charge in [0.2, 0.25) is 0 Å². The molecule has 0 unspecified atom stereocenters. The van der Waals surface area contributed by atoms with Gasteiger partial charge in [-0.3, -0.25) is 0 Å². The molecule has 0 amide bonds. The molecule has 0 saturated carbocycles. The van der Waals surface area contributed by atoms with Crippen LogP contribution in [0.4, 0.5) is 10.7 Å². The molecule has 21 heavy (non-hydrogen) atoms. The van der Waals surface area contributed by atoms with Crippen LogP contribution in [-0.2, 0) is 0 Å². The van der Waals surface area contributed by atoms with Crippen molar-refractivity contribution in [2.45, 2.75) is 13.8 Å². The van der Waals surface area contributed by atoms with Crippen molar-refractivity contribution < 1.29 is 9.90 Å². The van der Waals surface area contributed by atoms with Gasteiger partial charge >= 0.3 is 5.97 Å². The fourth-order valence-electron chi connectivity index (χ4n) is 2.47. The Balaban J connectivity index is 2.06. The number of fused-ring (bicyclic) bond motifs is 1. The van der Waals surface area contributed by atoms with Crippen LogP contribution in [0.5, 0.6) is 0 Å². The number of rotatable bonds is 3. The number of hydrogen-bond donors (Lipinski definition) is 2. The van der Waals surface area contributed by atoms with E-state index < -0.39 is 5.97 Å². The standard InChI is InChI=1S/C17H15NO2S/c1-10-7-11(2)16(13(8-10)17(19)20)18-15-9-12-5-3-4-6-14(12)21-15/h3-9,18H,1-2H3,(H,19,20). The minimum absolute atomic E-state index is 0.310. The van der Waals surface area contributed by atoms with E-state index in [1.165, 1.54) is 4.70 Å². The molecule has 4 heteroatoms. The number of hydrogen-bond acceptors (Lipinski definition) is 3. The minimum Gasteiger partial charge on any atom is -0.478 e. The van der Waals surface area contributed by atoms with Crippen LogP contribution in [0.25, 0.3) is 10.1 Å². The summed E-state index contributed by atoms with van der Waals surface area (Å²) in [6.07, 6.45) is 0. The van der Waals surface area contributed by atoms with Crippen LogP contribution >= 0.6 is 11.3 Å². The normalized spacial score (nSPS) is 10.8. The summed E-state index contributed by atoms with van der Waals surface area (Å²) < 4.78 is 1.18. The molecule has 3 rings (SSSR count). The molecule has 1 heterocycles. The molecule has 106 valence electrons. The van der Waals surface area contributed by atoms with Gasteiger partial charge in [-0.05, 0) is 48.6 Å². The summed E-state index contributed by atoms with van der Waals surface area (Å²) in [5, 5.41) is 14.8. The number of carbonyl (C=O) groups is 1. The summed E-state index contributed by atoms with van der Waals surface area (Å²) in [6, 6.07) is 13.8. The van der Waals surface area contributed by atoms with Gasteiger partial charge in [-0.25, -0.2) is 4.79 Å². The molecule has 0 radical (unpaired) electrons. The van der Waals surface area contributed by atoms with Crippen LogP contribution in [0.15, 0.2) is 42.5 Å². The summed E-state index contributed by atoms with van der Waals surface area (Å²) >= 11 is 1.62. The topological polar surface area (TPSA) is 49.3 Å². The van der Waals surface area contributed by atoms with Gasteiger partial charge in [0, 0.05) is 4.70 Å². The fourth-order valence-corrected chi connectivity index (χ4v) is 3.44. The second-order valence-electron chi connectivity index (χ2n) is 5.08. The van der Waals surface area contributed by atoms with Crippen molar-refractivity contribution in [1.29, 1.82) is 0 Å². The van der Waals surface area contributed by atoms with Crippen LogP contribution < -0.4 is 5.32 Å². The van der Waals surface area contributed by atoms with E-state index in [-0.39, 0.29) is 0 Å². The van der Waals surface area contributed by atoms with Gasteiger partial charge in [0.25, 0.3) is 0 Å². The molecule has 0 aliphatic heterocycles. The van der Waals surface area contributed by atoms with Crippen molar-refractivity contribution in [3.63, 3.8) is 0 Å². The van der Waals surface area contributed by atoms with E-state index in [4.69, 9.17) is 0 Å². The third-order valence-electron chi connectivity index (χ3n) is 3.38. The summed E-state index contributed by atoms with van der Waals surface area (Å²) in [4.78, 5) is 11.5. The molecule has 2 aromatic carbocycles. The number of carboxylic acids is 1. The Hall–Kier alpha value is -2.33. The molecule has 0 spiro atoms. The highest BCUT2D eigenvalue weighted by molar-refractivity contribution is 7.22. The van der Waals surface area contributed by atoms with Gasteiger partial charge in [-0.2, -0.15) is 0 Å². The molecule has 0 aliphatic carbocycles. The lowest BCUT2D eigenvalue weighted by Crippen LogP contribution is -2.04. The van der Waals surface area contributed by atoms with E-state index in [9.17, 15) is 9.90 Å². The zero-order chi connectivity index (χ0) is 15.0. The molecule has 2 N–H and O–H groups in total. The first kappa shape index (κ1) is 13.6. The van der Waals surface area contributed by atoms with Gasteiger partial charge in [-0.15, -0.1) is 11.3 Å². The maximum atomic E-state index is 11.5. The van der Waals surface area contributed by atoms with Crippen molar-refractivity contribution in [1.82, 2.24) is 0 Å². The van der Waals surface area contributed by atoms with Crippen molar-refractivity contribution >= 4 is 38.1 Å². The molecule has 0 saturated heterocycles. The first-order valence-corrected chi connectivity index (χ1v) is 7.46. The number of anilines is 2. The second-order valence-corrected chi connectivity index (χ2v) is 6.17. The smallest absolute Gasteiger partial charge is 0.337 e. The molecule has 1 aromatic heterocycles. The van der Waals surface area contributed by atoms with Crippen molar-refractivity contribution in [3.8, 4) is 0 Å². The van der Waals surface area contributed by atoms with Gasteiger partial charge < -0.3 is 10.4 Å². The lowest BCUT2D eigenvalue weighted by atomic mass is 10.0. The monoisotopic (exact) mass is 297 g/mol. The van der Waals surface area contributed by atoms with E-state index in [2.05, 4.69) is 17.4 Å². The fraction of sp³-hybridized carbons (Fsp3) is 0.118. The Bertz CT molecular complexity index is 803. The predicted octanol–water partition coefficient (Wildman–Crippen LogP) is 4.96. The summed E-state index contributed by atoms with van der Waals surface area (Å²) in [7, 11) is 0. The highest BCUT2D eigenvalue weighted by atomic mass is 32.1. The predicted molar refractivity (Wildman–Crippen MR) is 88.0 cm³/mol. The molecular formula is C17H15NO2S. The van der Waals surface area contributed by atoms with Gasteiger partial charge in [0.1, 0.15) is 0 Å². The summed E-state index contributed by atoms with van der Waals surface area (Å²) in [6.45, 7) is 3.83. The van der Waals surface area contributed by atoms with Gasteiger partial charge in [0.15, 0.2) is 0 Å². The number of aromatic carboxylic acids is 1. The van der Waals surface area contributed by atoms with Gasteiger partial charge in [-0.1, -0.05) is 24.3 Å². The summed E-state index contributed by atoms with van der Waals surface area (Å²) in [5.41, 5.74) is 2.86.